The summed E-state index contributed by atoms with van der Waals surface area (Å²) in [5.74, 6) is -1.64. The lowest BCUT2D eigenvalue weighted by Crippen LogP contribution is -2.45. The van der Waals surface area contributed by atoms with E-state index < -0.39 is 11.6 Å². The molecular weight excluding hydrogens is 376 g/mol. The molecule has 0 aliphatic carbocycles. The summed E-state index contributed by atoms with van der Waals surface area (Å²) in [7, 11) is 0. The number of likely N-dealkylation sites (tertiary alicyclic amines) is 2. The normalized spacial score (nSPS) is 22.4. The van der Waals surface area contributed by atoms with Crippen LogP contribution in [0.1, 0.15) is 41.0 Å². The number of hydrogen-bond donors (Lipinski definition) is 1. The second kappa shape index (κ2) is 7.67. The number of nitrogens with two attached hydrogens (primary N) is 1. The Balaban J connectivity index is 1.43. The largest absolute Gasteiger partial charge is 0.368 e. The molecule has 0 saturated carbocycles. The van der Waals surface area contributed by atoms with Crippen LogP contribution < -0.4 is 5.73 Å². The molecule has 0 bridgehead atoms. The van der Waals surface area contributed by atoms with Gasteiger partial charge < -0.3 is 10.6 Å². The zero-order chi connectivity index (χ0) is 20.6. The summed E-state index contributed by atoms with van der Waals surface area (Å²) in [5.41, 5.74) is 7.49. The van der Waals surface area contributed by atoms with Gasteiger partial charge in [-0.3, -0.25) is 9.69 Å². The number of hydrogen-bond acceptors (Lipinski definition) is 5. The summed E-state index contributed by atoms with van der Waals surface area (Å²) < 4.78 is 26.7. The molecule has 2 aromatic rings. The summed E-state index contributed by atoms with van der Waals surface area (Å²) in [4.78, 5) is 25.2. The first kappa shape index (κ1) is 19.7. The molecule has 0 unspecified atom stereocenters. The maximum atomic E-state index is 13.5. The summed E-state index contributed by atoms with van der Waals surface area (Å²) in [6, 6.07) is 5.74. The van der Waals surface area contributed by atoms with Gasteiger partial charge in [0.2, 0.25) is 5.95 Å². The first-order chi connectivity index (χ1) is 13.8. The van der Waals surface area contributed by atoms with Gasteiger partial charge >= 0.3 is 0 Å². The van der Waals surface area contributed by atoms with Crippen molar-refractivity contribution in [3.63, 3.8) is 0 Å². The number of carbonyl (C=O) groups excluding carboxylic acids is 1. The Bertz CT molecular complexity index is 917. The monoisotopic (exact) mass is 401 g/mol. The summed E-state index contributed by atoms with van der Waals surface area (Å²) in [6.07, 6.45) is 2.99. The van der Waals surface area contributed by atoms with E-state index in [0.717, 1.165) is 37.9 Å². The zero-order valence-corrected chi connectivity index (χ0v) is 16.5. The molecule has 8 heteroatoms. The Morgan fingerprint density at radius 2 is 1.97 bits per heavy atom. The number of benzene rings is 1. The molecule has 1 atom stereocenters. The highest BCUT2D eigenvalue weighted by molar-refractivity contribution is 5.92. The molecule has 1 spiro atoms. The lowest BCUT2D eigenvalue weighted by atomic mass is 9.79. The van der Waals surface area contributed by atoms with Crippen LogP contribution in [0.2, 0.25) is 0 Å². The van der Waals surface area contributed by atoms with Crippen molar-refractivity contribution in [1.29, 1.82) is 0 Å². The first-order valence-corrected chi connectivity index (χ1v) is 9.90. The van der Waals surface area contributed by atoms with Crippen molar-refractivity contribution >= 4 is 11.9 Å². The Labute approximate surface area is 168 Å². The van der Waals surface area contributed by atoms with Crippen LogP contribution in [0, 0.1) is 24.0 Å². The fraction of sp³-hybridized carbons (Fsp3) is 0.476. The predicted octanol–water partition coefficient (Wildman–Crippen LogP) is 2.77. The minimum atomic E-state index is -0.825. The van der Waals surface area contributed by atoms with Gasteiger partial charge in [0.25, 0.3) is 5.91 Å². The van der Waals surface area contributed by atoms with E-state index >= 15 is 0 Å². The van der Waals surface area contributed by atoms with E-state index in [9.17, 15) is 13.6 Å². The van der Waals surface area contributed by atoms with Gasteiger partial charge in [-0.2, -0.15) is 0 Å². The van der Waals surface area contributed by atoms with Crippen molar-refractivity contribution in [3.05, 3.63) is 52.9 Å². The minimum Gasteiger partial charge on any atom is -0.368 e. The smallest absolute Gasteiger partial charge is 0.272 e. The maximum absolute atomic E-state index is 13.5. The number of piperidine rings is 1. The highest BCUT2D eigenvalue weighted by Crippen LogP contribution is 2.39. The summed E-state index contributed by atoms with van der Waals surface area (Å²) >= 11 is 0. The molecule has 2 aliphatic rings. The molecule has 3 heterocycles. The molecule has 0 radical (unpaired) electrons. The van der Waals surface area contributed by atoms with Crippen molar-refractivity contribution in [2.24, 2.45) is 5.41 Å². The van der Waals surface area contributed by atoms with E-state index in [4.69, 9.17) is 5.73 Å². The number of aromatic nitrogens is 2. The lowest BCUT2D eigenvalue weighted by Gasteiger charge is -2.40. The molecule has 1 aromatic carbocycles. The quantitative estimate of drug-likeness (QED) is 0.856. The second-order valence-electron chi connectivity index (χ2n) is 8.29. The van der Waals surface area contributed by atoms with E-state index in [2.05, 4.69) is 14.9 Å². The zero-order valence-electron chi connectivity index (χ0n) is 16.5. The van der Waals surface area contributed by atoms with Crippen LogP contribution >= 0.6 is 0 Å². The number of aryl methyl sites for hydroxylation is 1. The molecule has 2 aliphatic heterocycles. The summed E-state index contributed by atoms with van der Waals surface area (Å²) in [6.45, 7) is 5.47. The molecule has 4 rings (SSSR count). The standard InChI is InChI=1S/C21H25F2N5O/c1-14-9-18(26-20(24)25-14)19(29)28-8-6-21(13-28)5-2-7-27(12-21)11-15-3-4-16(22)17(23)10-15/h3-4,9-10H,2,5-8,11-13H2,1H3,(H2,24,25,26)/t21-/m0/s1. The fourth-order valence-corrected chi connectivity index (χ4v) is 4.65. The first-order valence-electron chi connectivity index (χ1n) is 9.90. The van der Waals surface area contributed by atoms with Crippen LogP contribution in [0.5, 0.6) is 0 Å². The van der Waals surface area contributed by atoms with Crippen LogP contribution in [-0.4, -0.2) is 51.9 Å². The minimum absolute atomic E-state index is 0.0279. The van der Waals surface area contributed by atoms with Crippen molar-refractivity contribution in [2.45, 2.75) is 32.7 Å². The van der Waals surface area contributed by atoms with Gasteiger partial charge in [0, 0.05) is 37.3 Å². The Morgan fingerprint density at radius 3 is 2.72 bits per heavy atom. The molecule has 6 nitrogen and oxygen atoms in total. The summed E-state index contributed by atoms with van der Waals surface area (Å²) in [5, 5.41) is 0. The maximum Gasteiger partial charge on any atom is 0.272 e. The number of anilines is 1. The van der Waals surface area contributed by atoms with Gasteiger partial charge in [-0.25, -0.2) is 18.7 Å². The Kier molecular flexibility index (Phi) is 5.21. The third kappa shape index (κ3) is 4.22. The van der Waals surface area contributed by atoms with Gasteiger partial charge in [-0.15, -0.1) is 0 Å². The number of halogens is 2. The van der Waals surface area contributed by atoms with Crippen molar-refractivity contribution in [3.8, 4) is 0 Å². The van der Waals surface area contributed by atoms with Crippen molar-refractivity contribution in [1.82, 2.24) is 19.8 Å². The molecule has 1 amide bonds. The second-order valence-corrected chi connectivity index (χ2v) is 8.29. The Hall–Kier alpha value is -2.61. The van der Waals surface area contributed by atoms with Gasteiger partial charge in [0.05, 0.1) is 0 Å². The van der Waals surface area contributed by atoms with Gasteiger partial charge in [-0.1, -0.05) is 6.07 Å². The number of rotatable bonds is 3. The SMILES string of the molecule is Cc1cc(C(=O)N2CC[C@]3(CCCN(Cc4ccc(F)c(F)c4)C3)C2)nc(N)n1. The van der Waals surface area contributed by atoms with Crippen LogP contribution in [0.25, 0.3) is 0 Å². The average molecular weight is 401 g/mol. The van der Waals surface area contributed by atoms with Crippen molar-refractivity contribution < 1.29 is 13.6 Å². The fourth-order valence-electron chi connectivity index (χ4n) is 4.65. The topological polar surface area (TPSA) is 75.4 Å². The number of amides is 1. The van der Waals surface area contributed by atoms with Gasteiger partial charge in [-0.05, 0) is 56.5 Å². The van der Waals surface area contributed by atoms with E-state index in [1.807, 2.05) is 4.90 Å². The van der Waals surface area contributed by atoms with Crippen LogP contribution in [-0.2, 0) is 6.54 Å². The molecule has 29 heavy (non-hydrogen) atoms. The molecule has 1 aromatic heterocycles. The molecule has 2 saturated heterocycles. The molecule has 2 fully saturated rings. The van der Waals surface area contributed by atoms with Crippen LogP contribution in [0.4, 0.5) is 14.7 Å². The van der Waals surface area contributed by atoms with Crippen molar-refractivity contribution in [2.75, 3.05) is 31.9 Å². The van der Waals surface area contributed by atoms with E-state index in [1.165, 1.54) is 12.1 Å². The number of nitrogen functional groups attached to an aromatic ring is 1. The van der Waals surface area contributed by atoms with Gasteiger partial charge in [0.1, 0.15) is 5.69 Å². The third-order valence-corrected chi connectivity index (χ3v) is 5.95. The number of nitrogens with zero attached hydrogens (tertiary/aromatic N) is 4. The van der Waals surface area contributed by atoms with E-state index in [0.29, 0.717) is 31.0 Å². The number of carbonyl (C=O) groups is 1. The van der Waals surface area contributed by atoms with Gasteiger partial charge in [0.15, 0.2) is 11.6 Å². The lowest BCUT2D eigenvalue weighted by molar-refractivity contribution is 0.0670. The highest BCUT2D eigenvalue weighted by Gasteiger charge is 2.43. The van der Waals surface area contributed by atoms with E-state index in [-0.39, 0.29) is 17.3 Å². The van der Waals surface area contributed by atoms with Crippen LogP contribution in [0.3, 0.4) is 0 Å². The molecule has 154 valence electrons. The molecule has 2 N–H and O–H groups in total. The van der Waals surface area contributed by atoms with E-state index in [1.54, 1.807) is 19.1 Å². The Morgan fingerprint density at radius 1 is 1.14 bits per heavy atom. The average Bonchev–Trinajstić information content (AvgIpc) is 3.06. The predicted molar refractivity (Wildman–Crippen MR) is 105 cm³/mol. The highest BCUT2D eigenvalue weighted by atomic mass is 19.2. The van der Waals surface area contributed by atoms with Crippen LogP contribution in [0.15, 0.2) is 24.3 Å². The third-order valence-electron chi connectivity index (χ3n) is 5.95. The molecular formula is C21H25F2N5O.